The first-order valence-electron chi connectivity index (χ1n) is 11.2. The van der Waals surface area contributed by atoms with Crippen molar-refractivity contribution in [1.29, 1.82) is 0 Å². The van der Waals surface area contributed by atoms with Gasteiger partial charge in [0.05, 0.1) is 47.3 Å². The van der Waals surface area contributed by atoms with Gasteiger partial charge >= 0.3 is 0 Å². The summed E-state index contributed by atoms with van der Waals surface area (Å²) in [6.45, 7) is 1.21. The first kappa shape index (κ1) is 19.9. The van der Waals surface area contributed by atoms with Crippen molar-refractivity contribution < 1.29 is 14.3 Å². The number of nitrogens with zero attached hydrogens (tertiary/aromatic N) is 4. The summed E-state index contributed by atoms with van der Waals surface area (Å²) in [5, 5.41) is 0.705. The lowest BCUT2D eigenvalue weighted by Crippen LogP contribution is -2.42. The number of benzene rings is 2. The van der Waals surface area contributed by atoms with Crippen molar-refractivity contribution in [2.24, 2.45) is 5.73 Å². The number of aromatic nitrogens is 3. The number of nitrogens with two attached hydrogens (primary N) is 1. The van der Waals surface area contributed by atoms with Gasteiger partial charge in [-0.3, -0.25) is 9.59 Å². The lowest BCUT2D eigenvalue weighted by Gasteiger charge is -2.33. The summed E-state index contributed by atoms with van der Waals surface area (Å²) in [6, 6.07) is 15.3. The summed E-state index contributed by atoms with van der Waals surface area (Å²) in [7, 11) is 0. The molecule has 1 aliphatic heterocycles. The summed E-state index contributed by atoms with van der Waals surface area (Å²) in [5.74, 6) is -0.584. The second-order valence-electron chi connectivity index (χ2n) is 8.67. The number of para-hydroxylation sites is 1. The van der Waals surface area contributed by atoms with Crippen molar-refractivity contribution in [3.63, 3.8) is 0 Å². The maximum absolute atomic E-state index is 13.3. The maximum Gasteiger partial charge on any atom is 0.254 e. The van der Waals surface area contributed by atoms with Crippen molar-refractivity contribution in [2.75, 3.05) is 19.7 Å². The highest BCUT2D eigenvalue weighted by Crippen LogP contribution is 2.37. The second-order valence-corrected chi connectivity index (χ2v) is 8.67. The first-order chi connectivity index (χ1) is 16.1. The molecule has 0 spiro atoms. The Morgan fingerprint density at radius 1 is 1.06 bits per heavy atom. The van der Waals surface area contributed by atoms with Crippen LogP contribution in [0.5, 0.6) is 0 Å². The van der Waals surface area contributed by atoms with Crippen LogP contribution in [0.1, 0.15) is 51.4 Å². The first-order valence-corrected chi connectivity index (χ1v) is 11.2. The fourth-order valence-electron chi connectivity index (χ4n) is 4.57. The molecule has 4 aromatic rings. The number of imidazole rings is 1. The summed E-state index contributed by atoms with van der Waals surface area (Å²) >= 11 is 0. The quantitative estimate of drug-likeness (QED) is 0.524. The van der Waals surface area contributed by atoms with E-state index in [0.29, 0.717) is 53.5 Å². The van der Waals surface area contributed by atoms with Crippen LogP contribution in [0.15, 0.2) is 54.9 Å². The Morgan fingerprint density at radius 2 is 1.91 bits per heavy atom. The predicted octanol–water partition coefficient (Wildman–Crippen LogP) is 3.23. The van der Waals surface area contributed by atoms with E-state index in [2.05, 4.69) is 9.55 Å². The normalized spacial score (nSPS) is 18.7. The Morgan fingerprint density at radius 3 is 2.73 bits per heavy atom. The second kappa shape index (κ2) is 7.67. The van der Waals surface area contributed by atoms with E-state index in [9.17, 15) is 9.59 Å². The molecule has 8 heteroatoms. The Kier molecular flexibility index (Phi) is 4.62. The maximum atomic E-state index is 13.3. The van der Waals surface area contributed by atoms with E-state index in [1.165, 1.54) is 12.8 Å². The summed E-state index contributed by atoms with van der Waals surface area (Å²) in [5.41, 5.74) is 9.79. The van der Waals surface area contributed by atoms with E-state index in [-0.39, 0.29) is 5.91 Å². The van der Waals surface area contributed by atoms with E-state index in [0.717, 1.165) is 11.0 Å². The molecule has 1 aliphatic carbocycles. The van der Waals surface area contributed by atoms with Gasteiger partial charge in [-0.15, -0.1) is 0 Å². The molecular formula is C25H23N5O3. The van der Waals surface area contributed by atoms with Crippen LogP contribution in [0, 0.1) is 0 Å². The molecule has 2 fully saturated rings. The van der Waals surface area contributed by atoms with Crippen molar-refractivity contribution in [2.45, 2.75) is 25.0 Å². The number of carbonyl (C=O) groups excluding carboxylic acids is 2. The fourth-order valence-corrected chi connectivity index (χ4v) is 4.57. The molecule has 0 unspecified atom stereocenters. The van der Waals surface area contributed by atoms with Crippen molar-refractivity contribution in [1.82, 2.24) is 19.4 Å². The minimum absolute atomic E-state index is 0.0675. The topological polar surface area (TPSA) is 103 Å². The highest BCUT2D eigenvalue weighted by atomic mass is 16.5. The molecule has 0 radical (unpaired) electrons. The van der Waals surface area contributed by atoms with Crippen LogP contribution in [0.25, 0.3) is 21.9 Å². The number of fused-ring (bicyclic) bond motifs is 2. The molecule has 2 aromatic carbocycles. The van der Waals surface area contributed by atoms with E-state index in [4.69, 9.17) is 15.5 Å². The van der Waals surface area contributed by atoms with Gasteiger partial charge < -0.3 is 19.9 Å². The monoisotopic (exact) mass is 441 g/mol. The lowest BCUT2D eigenvalue weighted by atomic mass is 10.0. The number of rotatable bonds is 4. The molecule has 2 aliphatic rings. The van der Waals surface area contributed by atoms with Crippen LogP contribution in [-0.2, 0) is 4.74 Å². The summed E-state index contributed by atoms with van der Waals surface area (Å²) in [6.07, 6.45) is 3.79. The average Bonchev–Trinajstić information content (AvgIpc) is 3.61. The molecule has 166 valence electrons. The van der Waals surface area contributed by atoms with Gasteiger partial charge in [0.25, 0.3) is 5.91 Å². The van der Waals surface area contributed by atoms with Crippen molar-refractivity contribution in [3.8, 4) is 0 Å². The third kappa shape index (κ3) is 3.52. The Bertz CT molecular complexity index is 1410. The molecule has 2 amide bonds. The molecule has 1 saturated heterocycles. The molecule has 2 N–H and O–H groups in total. The van der Waals surface area contributed by atoms with Crippen LogP contribution >= 0.6 is 0 Å². The van der Waals surface area contributed by atoms with Gasteiger partial charge in [0.15, 0.2) is 0 Å². The fraction of sp³-hybridized carbons (Fsp3) is 0.280. The van der Waals surface area contributed by atoms with E-state index < -0.39 is 12.0 Å². The molecule has 6 rings (SSSR count). The van der Waals surface area contributed by atoms with E-state index in [1.54, 1.807) is 11.0 Å². The molecular weight excluding hydrogens is 418 g/mol. The number of hydrogen-bond donors (Lipinski definition) is 1. The molecule has 2 aromatic heterocycles. The number of morpholine rings is 1. The predicted molar refractivity (Wildman–Crippen MR) is 123 cm³/mol. The number of carbonyl (C=O) groups is 2. The molecule has 3 heterocycles. The number of ether oxygens (including phenoxy) is 1. The van der Waals surface area contributed by atoms with Crippen LogP contribution in [0.4, 0.5) is 0 Å². The summed E-state index contributed by atoms with van der Waals surface area (Å²) < 4.78 is 8.14. The van der Waals surface area contributed by atoms with Gasteiger partial charge in [0, 0.05) is 23.5 Å². The van der Waals surface area contributed by atoms with Gasteiger partial charge in [-0.2, -0.15) is 0 Å². The number of primary amides is 1. The van der Waals surface area contributed by atoms with E-state index in [1.807, 2.05) is 48.8 Å². The van der Waals surface area contributed by atoms with E-state index >= 15 is 0 Å². The molecule has 1 atom stereocenters. The third-order valence-electron chi connectivity index (χ3n) is 6.45. The van der Waals surface area contributed by atoms with Crippen LogP contribution < -0.4 is 5.73 Å². The van der Waals surface area contributed by atoms with Gasteiger partial charge in [0.2, 0.25) is 5.91 Å². The minimum atomic E-state index is -0.516. The van der Waals surface area contributed by atoms with Crippen LogP contribution in [0.3, 0.4) is 0 Å². The zero-order chi connectivity index (χ0) is 22.5. The van der Waals surface area contributed by atoms with Crippen molar-refractivity contribution >= 4 is 33.8 Å². The van der Waals surface area contributed by atoms with Gasteiger partial charge in [-0.25, -0.2) is 9.97 Å². The SMILES string of the molecule is NC(=O)c1cc([C@@H]2CN(C(=O)c3ccc4c(c3)ncn4C3CC3)CCO2)nc2ccccc12. The number of pyridine rings is 1. The van der Waals surface area contributed by atoms with Gasteiger partial charge in [-0.05, 0) is 43.2 Å². The molecule has 33 heavy (non-hydrogen) atoms. The van der Waals surface area contributed by atoms with Crippen LogP contribution in [0.2, 0.25) is 0 Å². The zero-order valence-electron chi connectivity index (χ0n) is 18.0. The highest BCUT2D eigenvalue weighted by molar-refractivity contribution is 6.05. The van der Waals surface area contributed by atoms with Crippen molar-refractivity contribution in [3.05, 3.63) is 71.7 Å². The Labute approximate surface area is 190 Å². The molecule has 0 bridgehead atoms. The third-order valence-corrected chi connectivity index (χ3v) is 6.45. The highest BCUT2D eigenvalue weighted by Gasteiger charge is 2.29. The largest absolute Gasteiger partial charge is 0.368 e. The zero-order valence-corrected chi connectivity index (χ0v) is 18.0. The standard InChI is InChI=1S/C25H23N5O3/c26-24(31)18-12-21(28-19-4-2-1-3-17(18)19)23-13-29(9-10-33-23)25(32)15-5-8-22-20(11-15)27-14-30(22)16-6-7-16/h1-5,8,11-12,14,16,23H,6-7,9-10,13H2,(H2,26,31)/t23-/m0/s1. The minimum Gasteiger partial charge on any atom is -0.368 e. The van der Waals surface area contributed by atoms with Gasteiger partial charge in [0.1, 0.15) is 6.10 Å². The lowest BCUT2D eigenvalue weighted by molar-refractivity contribution is -0.0246. The Balaban J connectivity index is 1.28. The smallest absolute Gasteiger partial charge is 0.254 e. The number of amides is 2. The average molecular weight is 441 g/mol. The molecule has 8 nitrogen and oxygen atoms in total. The molecule has 1 saturated carbocycles. The van der Waals surface area contributed by atoms with Gasteiger partial charge in [-0.1, -0.05) is 18.2 Å². The number of hydrogen-bond acceptors (Lipinski definition) is 5. The summed E-state index contributed by atoms with van der Waals surface area (Å²) in [4.78, 5) is 36.3. The Hall–Kier alpha value is -3.78. The van der Waals surface area contributed by atoms with Crippen LogP contribution in [-0.4, -0.2) is 50.9 Å².